The van der Waals surface area contributed by atoms with Gasteiger partial charge in [-0.1, -0.05) is 24.3 Å². The van der Waals surface area contributed by atoms with Crippen molar-refractivity contribution in [2.24, 2.45) is 5.10 Å². The van der Waals surface area contributed by atoms with E-state index in [1.807, 2.05) is 26.0 Å². The minimum atomic E-state index is -0.938. The summed E-state index contributed by atoms with van der Waals surface area (Å²) in [6.45, 7) is 3.68. The Bertz CT molecular complexity index is 1280. The van der Waals surface area contributed by atoms with E-state index in [-0.39, 0.29) is 17.0 Å². The lowest BCUT2D eigenvalue weighted by atomic mass is 10.1. The van der Waals surface area contributed by atoms with Gasteiger partial charge in [0.15, 0.2) is 0 Å². The second-order valence-electron chi connectivity index (χ2n) is 7.20. The van der Waals surface area contributed by atoms with E-state index >= 15 is 0 Å². The number of nitro groups is 1. The number of ether oxygens (including phenoxy) is 1. The van der Waals surface area contributed by atoms with Gasteiger partial charge in [-0.3, -0.25) is 19.7 Å². The lowest BCUT2D eigenvalue weighted by Crippen LogP contribution is -2.32. The fourth-order valence-electron chi connectivity index (χ4n) is 2.86. The van der Waals surface area contributed by atoms with Crippen molar-refractivity contribution in [2.75, 3.05) is 5.32 Å². The predicted octanol–water partition coefficient (Wildman–Crippen LogP) is 3.52. The summed E-state index contributed by atoms with van der Waals surface area (Å²) in [6, 6.07) is 17.0. The maximum absolute atomic E-state index is 12.3. The number of carbonyl (C=O) groups is 3. The average Bonchev–Trinajstić information content (AvgIpc) is 2.82. The fourth-order valence-corrected chi connectivity index (χ4v) is 2.86. The number of esters is 1. The Kier molecular flexibility index (Phi) is 7.45. The quantitative estimate of drug-likeness (QED) is 0.144. The molecule has 10 heteroatoms. The standard InChI is InChI=1S/C24H20N4O6/c1-15-7-8-16(2)20(13-15)26-22(29)23(30)27-25-14-17-9-11-18(12-10-17)34-24(31)19-5-3-4-6-21(19)28(32)33/h3-14H,1-2H3,(H,26,29)(H,27,30)/b25-14+. The van der Waals surface area contributed by atoms with E-state index < -0.39 is 22.7 Å². The van der Waals surface area contributed by atoms with E-state index in [2.05, 4.69) is 15.8 Å². The zero-order valence-corrected chi connectivity index (χ0v) is 18.3. The summed E-state index contributed by atoms with van der Waals surface area (Å²) in [4.78, 5) is 46.7. The number of hydrogen-bond donors (Lipinski definition) is 2. The van der Waals surface area contributed by atoms with Gasteiger partial charge in [0.05, 0.1) is 11.1 Å². The summed E-state index contributed by atoms with van der Waals surface area (Å²) in [5.74, 6) is -2.50. The number of carbonyl (C=O) groups excluding carboxylic acids is 3. The highest BCUT2D eigenvalue weighted by molar-refractivity contribution is 6.39. The summed E-state index contributed by atoms with van der Waals surface area (Å²) in [7, 11) is 0. The molecule has 0 spiro atoms. The topological polar surface area (TPSA) is 140 Å². The molecule has 0 saturated carbocycles. The second-order valence-corrected chi connectivity index (χ2v) is 7.20. The monoisotopic (exact) mass is 460 g/mol. The Hall–Kier alpha value is -4.86. The third-order valence-corrected chi connectivity index (χ3v) is 4.64. The molecule has 172 valence electrons. The highest BCUT2D eigenvalue weighted by Crippen LogP contribution is 2.21. The number of nitro benzene ring substituents is 1. The van der Waals surface area contributed by atoms with Crippen LogP contribution in [-0.4, -0.2) is 28.9 Å². The smallest absolute Gasteiger partial charge is 0.350 e. The van der Waals surface area contributed by atoms with E-state index in [1.54, 1.807) is 18.2 Å². The van der Waals surface area contributed by atoms with E-state index in [9.17, 15) is 24.5 Å². The van der Waals surface area contributed by atoms with Crippen LogP contribution >= 0.6 is 0 Å². The van der Waals surface area contributed by atoms with Crippen LogP contribution in [0.1, 0.15) is 27.0 Å². The molecule has 3 aromatic rings. The first-order valence-corrected chi connectivity index (χ1v) is 10.0. The third-order valence-electron chi connectivity index (χ3n) is 4.64. The molecule has 0 aliphatic carbocycles. The molecule has 0 aliphatic rings. The zero-order chi connectivity index (χ0) is 24.7. The number of aryl methyl sites for hydroxylation is 2. The minimum absolute atomic E-state index is 0.164. The van der Waals surface area contributed by atoms with Gasteiger partial charge >= 0.3 is 17.8 Å². The molecule has 0 atom stereocenters. The maximum Gasteiger partial charge on any atom is 0.350 e. The number of benzene rings is 3. The van der Waals surface area contributed by atoms with Gasteiger partial charge in [0.2, 0.25) is 0 Å². The van der Waals surface area contributed by atoms with Crippen LogP contribution in [0.15, 0.2) is 71.8 Å². The first-order chi connectivity index (χ1) is 16.2. The van der Waals surface area contributed by atoms with E-state index in [4.69, 9.17) is 4.74 Å². The van der Waals surface area contributed by atoms with Gasteiger partial charge in [0, 0.05) is 11.8 Å². The van der Waals surface area contributed by atoms with Gasteiger partial charge in [-0.25, -0.2) is 10.2 Å². The van der Waals surface area contributed by atoms with Crippen LogP contribution in [0, 0.1) is 24.0 Å². The first-order valence-electron chi connectivity index (χ1n) is 10.0. The number of rotatable bonds is 6. The summed E-state index contributed by atoms with van der Waals surface area (Å²) in [5.41, 5.74) is 4.46. The Morgan fingerprint density at radius 3 is 2.38 bits per heavy atom. The molecular formula is C24H20N4O6. The number of nitrogens with one attached hydrogen (secondary N) is 2. The van der Waals surface area contributed by atoms with Gasteiger partial charge < -0.3 is 10.1 Å². The average molecular weight is 460 g/mol. The van der Waals surface area contributed by atoms with Gasteiger partial charge in [-0.15, -0.1) is 0 Å². The van der Waals surface area contributed by atoms with Gasteiger partial charge in [0.25, 0.3) is 5.69 Å². The summed E-state index contributed by atoms with van der Waals surface area (Å²) < 4.78 is 5.18. The van der Waals surface area contributed by atoms with Crippen LogP contribution in [0.4, 0.5) is 11.4 Å². The molecule has 0 radical (unpaired) electrons. The predicted molar refractivity (Wildman–Crippen MR) is 125 cm³/mol. The Morgan fingerprint density at radius 2 is 1.68 bits per heavy atom. The normalized spacial score (nSPS) is 10.5. The van der Waals surface area contributed by atoms with Crippen LogP contribution in [0.5, 0.6) is 5.75 Å². The van der Waals surface area contributed by atoms with Crippen molar-refractivity contribution in [1.29, 1.82) is 0 Å². The SMILES string of the molecule is Cc1ccc(C)c(NC(=O)C(=O)N/N=C/c2ccc(OC(=O)c3ccccc3[N+](=O)[O-])cc2)c1. The van der Waals surface area contributed by atoms with E-state index in [0.29, 0.717) is 11.3 Å². The Labute approximate surface area is 194 Å². The van der Waals surface area contributed by atoms with Crippen molar-refractivity contribution >= 4 is 35.4 Å². The van der Waals surface area contributed by atoms with Crippen LogP contribution < -0.4 is 15.5 Å². The van der Waals surface area contributed by atoms with Crippen molar-refractivity contribution in [3.63, 3.8) is 0 Å². The van der Waals surface area contributed by atoms with Gasteiger partial charge in [-0.2, -0.15) is 5.10 Å². The molecule has 2 N–H and O–H groups in total. The Morgan fingerprint density at radius 1 is 0.971 bits per heavy atom. The Balaban J connectivity index is 1.56. The number of hydrazone groups is 1. The molecule has 0 bridgehead atoms. The lowest BCUT2D eigenvalue weighted by molar-refractivity contribution is -0.385. The molecule has 0 fully saturated rings. The molecule has 0 heterocycles. The van der Waals surface area contributed by atoms with Crippen LogP contribution in [0.3, 0.4) is 0 Å². The largest absolute Gasteiger partial charge is 0.423 e. The number of anilines is 1. The van der Waals surface area contributed by atoms with E-state index in [1.165, 1.54) is 42.6 Å². The number of para-hydroxylation sites is 1. The fraction of sp³-hybridized carbons (Fsp3) is 0.0833. The molecule has 10 nitrogen and oxygen atoms in total. The maximum atomic E-state index is 12.3. The van der Waals surface area contributed by atoms with Crippen molar-refractivity contribution in [1.82, 2.24) is 5.43 Å². The summed E-state index contributed by atoms with van der Waals surface area (Å²) in [5, 5.41) is 17.3. The molecule has 3 rings (SSSR count). The molecule has 34 heavy (non-hydrogen) atoms. The molecule has 0 saturated heterocycles. The molecule has 0 aromatic heterocycles. The highest BCUT2D eigenvalue weighted by Gasteiger charge is 2.21. The van der Waals surface area contributed by atoms with Crippen LogP contribution in [0.25, 0.3) is 0 Å². The van der Waals surface area contributed by atoms with Crippen molar-refractivity contribution < 1.29 is 24.0 Å². The lowest BCUT2D eigenvalue weighted by Gasteiger charge is -2.08. The summed E-state index contributed by atoms with van der Waals surface area (Å²) in [6.07, 6.45) is 1.30. The molecule has 2 amide bonds. The number of nitrogens with zero attached hydrogens (tertiary/aromatic N) is 2. The third kappa shape index (κ3) is 6.10. The second kappa shape index (κ2) is 10.6. The van der Waals surface area contributed by atoms with Crippen LogP contribution in [0.2, 0.25) is 0 Å². The summed E-state index contributed by atoms with van der Waals surface area (Å²) >= 11 is 0. The first kappa shape index (κ1) is 23.8. The van der Waals surface area contributed by atoms with Crippen molar-refractivity contribution in [3.8, 4) is 5.75 Å². The molecule has 3 aromatic carbocycles. The minimum Gasteiger partial charge on any atom is -0.423 e. The van der Waals surface area contributed by atoms with Crippen LogP contribution in [-0.2, 0) is 9.59 Å². The number of hydrogen-bond acceptors (Lipinski definition) is 7. The zero-order valence-electron chi connectivity index (χ0n) is 18.3. The number of amides is 2. The molecule has 0 aliphatic heterocycles. The van der Waals surface area contributed by atoms with Crippen molar-refractivity contribution in [3.05, 3.63) is 99.1 Å². The van der Waals surface area contributed by atoms with Crippen molar-refractivity contribution in [2.45, 2.75) is 13.8 Å². The van der Waals surface area contributed by atoms with Gasteiger partial charge in [-0.05, 0) is 66.9 Å². The highest BCUT2D eigenvalue weighted by atomic mass is 16.6. The van der Waals surface area contributed by atoms with E-state index in [0.717, 1.165) is 11.1 Å². The molecule has 0 unspecified atom stereocenters. The van der Waals surface area contributed by atoms with Gasteiger partial charge in [0.1, 0.15) is 11.3 Å². The molecular weight excluding hydrogens is 440 g/mol.